The van der Waals surface area contributed by atoms with Crippen LogP contribution < -0.4 is 0 Å². The molecule has 2 heterocycles. The van der Waals surface area contributed by atoms with E-state index in [0.29, 0.717) is 0 Å². The minimum Gasteiger partial charge on any atom is -0.233 e. The molecular weight excluding hydrogens is 274 g/mol. The Bertz CT molecular complexity index is 629. The minimum absolute atomic E-state index is 0.000648. The van der Waals surface area contributed by atoms with Crippen molar-refractivity contribution in [2.75, 3.05) is 0 Å². The van der Waals surface area contributed by atoms with Gasteiger partial charge in [0.05, 0.1) is 5.56 Å². The van der Waals surface area contributed by atoms with Gasteiger partial charge in [-0.15, -0.1) is 0 Å². The van der Waals surface area contributed by atoms with Crippen molar-refractivity contribution in [3.05, 3.63) is 35.2 Å². The van der Waals surface area contributed by atoms with Gasteiger partial charge in [0.15, 0.2) is 5.65 Å². The Morgan fingerprint density at radius 1 is 0.895 bits per heavy atom. The van der Waals surface area contributed by atoms with E-state index < -0.39 is 34.6 Å². The maximum Gasteiger partial charge on any atom is 0.433 e. The molecular formula is C11H6F6N2. The van der Waals surface area contributed by atoms with E-state index in [4.69, 9.17) is 0 Å². The van der Waals surface area contributed by atoms with Crippen molar-refractivity contribution in [2.45, 2.75) is 19.3 Å². The summed E-state index contributed by atoms with van der Waals surface area (Å²) in [6.45, 7) is 1.45. The molecule has 102 valence electrons. The lowest BCUT2D eigenvalue weighted by molar-refractivity contribution is -0.144. The van der Waals surface area contributed by atoms with Gasteiger partial charge in [0.1, 0.15) is 5.69 Å². The van der Waals surface area contributed by atoms with Crippen molar-refractivity contribution in [3.63, 3.8) is 0 Å². The molecule has 0 aliphatic heterocycles. The van der Waals surface area contributed by atoms with Gasteiger partial charge >= 0.3 is 12.4 Å². The van der Waals surface area contributed by atoms with E-state index in [-0.39, 0.29) is 11.8 Å². The van der Waals surface area contributed by atoms with Crippen LogP contribution in [-0.4, -0.2) is 9.97 Å². The number of hydrogen-bond acceptors (Lipinski definition) is 2. The number of alkyl halides is 6. The lowest BCUT2D eigenvalue weighted by Gasteiger charge is -2.13. The molecule has 2 aromatic rings. The monoisotopic (exact) mass is 280 g/mol. The first-order chi connectivity index (χ1) is 8.59. The highest BCUT2D eigenvalue weighted by Gasteiger charge is 2.39. The lowest BCUT2D eigenvalue weighted by Crippen LogP contribution is -2.14. The molecule has 0 fully saturated rings. The molecule has 19 heavy (non-hydrogen) atoms. The van der Waals surface area contributed by atoms with Crippen molar-refractivity contribution in [1.29, 1.82) is 0 Å². The molecule has 0 saturated carbocycles. The number of halogens is 6. The SMILES string of the molecule is Cc1ccc2c(C(F)(F)F)cc(C(F)(F)F)nc2n1. The quantitative estimate of drug-likeness (QED) is 0.682. The first kappa shape index (κ1) is 13.6. The van der Waals surface area contributed by atoms with Crippen molar-refractivity contribution in [1.82, 2.24) is 9.97 Å². The molecule has 2 rings (SSSR count). The molecule has 0 aliphatic carbocycles. The highest BCUT2D eigenvalue weighted by atomic mass is 19.4. The van der Waals surface area contributed by atoms with Gasteiger partial charge in [-0.3, -0.25) is 0 Å². The molecule has 0 spiro atoms. The Morgan fingerprint density at radius 2 is 1.53 bits per heavy atom. The van der Waals surface area contributed by atoms with Gasteiger partial charge in [-0.05, 0) is 25.1 Å². The number of pyridine rings is 2. The maximum atomic E-state index is 12.8. The zero-order valence-electron chi connectivity index (χ0n) is 9.39. The van der Waals surface area contributed by atoms with E-state index in [1.165, 1.54) is 13.0 Å². The number of hydrogen-bond donors (Lipinski definition) is 0. The fraction of sp³-hybridized carbons (Fsp3) is 0.273. The third-order valence-electron chi connectivity index (χ3n) is 2.41. The molecule has 0 unspecified atom stereocenters. The lowest BCUT2D eigenvalue weighted by atomic mass is 10.1. The third-order valence-corrected chi connectivity index (χ3v) is 2.41. The van der Waals surface area contributed by atoms with Crippen LogP contribution in [-0.2, 0) is 12.4 Å². The Hall–Kier alpha value is -1.86. The van der Waals surface area contributed by atoms with Gasteiger partial charge in [-0.2, -0.15) is 26.3 Å². The van der Waals surface area contributed by atoms with E-state index in [0.717, 1.165) is 6.07 Å². The molecule has 0 bridgehead atoms. The van der Waals surface area contributed by atoms with Crippen LogP contribution in [0.4, 0.5) is 26.3 Å². The molecule has 2 nitrogen and oxygen atoms in total. The first-order valence-corrected chi connectivity index (χ1v) is 5.02. The molecule has 0 aliphatic rings. The second-order valence-corrected chi connectivity index (χ2v) is 3.87. The van der Waals surface area contributed by atoms with Crippen LogP contribution >= 0.6 is 0 Å². The smallest absolute Gasteiger partial charge is 0.233 e. The molecule has 8 heteroatoms. The number of rotatable bonds is 0. The van der Waals surface area contributed by atoms with Crippen LogP contribution in [0.15, 0.2) is 18.2 Å². The van der Waals surface area contributed by atoms with Crippen LogP contribution in [0.3, 0.4) is 0 Å². The summed E-state index contributed by atoms with van der Waals surface area (Å²) in [5, 5.41) is -0.453. The zero-order valence-corrected chi connectivity index (χ0v) is 9.39. The number of nitrogens with zero attached hydrogens (tertiary/aromatic N) is 2. The summed E-state index contributed by atoms with van der Waals surface area (Å²) in [6, 6.07) is 2.35. The highest BCUT2D eigenvalue weighted by Crippen LogP contribution is 2.37. The summed E-state index contributed by atoms with van der Waals surface area (Å²) in [4.78, 5) is 6.76. The van der Waals surface area contributed by atoms with E-state index in [2.05, 4.69) is 9.97 Å². The standard InChI is InChI=1S/C11H6F6N2/c1-5-2-3-6-7(10(12,13)14)4-8(11(15,16)17)19-9(6)18-5/h2-4H,1H3. The van der Waals surface area contributed by atoms with Crippen molar-refractivity contribution in [3.8, 4) is 0 Å². The van der Waals surface area contributed by atoms with Crippen LogP contribution in [0.25, 0.3) is 11.0 Å². The van der Waals surface area contributed by atoms with Crippen molar-refractivity contribution < 1.29 is 26.3 Å². The van der Waals surface area contributed by atoms with E-state index in [1.807, 2.05) is 0 Å². The minimum atomic E-state index is -4.96. The fourth-order valence-electron chi connectivity index (χ4n) is 1.58. The largest absolute Gasteiger partial charge is 0.433 e. The molecule has 0 N–H and O–H groups in total. The third kappa shape index (κ3) is 2.61. The number of aryl methyl sites for hydroxylation is 1. The highest BCUT2D eigenvalue weighted by molar-refractivity contribution is 5.79. The van der Waals surface area contributed by atoms with Crippen molar-refractivity contribution in [2.24, 2.45) is 0 Å². The summed E-state index contributed by atoms with van der Waals surface area (Å²) in [5.41, 5.74) is -3.28. The van der Waals surface area contributed by atoms with Gasteiger partial charge in [0.25, 0.3) is 0 Å². The van der Waals surface area contributed by atoms with E-state index in [1.54, 1.807) is 0 Å². The second-order valence-electron chi connectivity index (χ2n) is 3.87. The first-order valence-electron chi connectivity index (χ1n) is 5.02. The predicted molar refractivity (Wildman–Crippen MR) is 54.3 cm³/mol. The average Bonchev–Trinajstić information content (AvgIpc) is 2.24. The second kappa shape index (κ2) is 4.07. The van der Waals surface area contributed by atoms with E-state index >= 15 is 0 Å². The molecule has 0 atom stereocenters. The predicted octanol–water partition coefficient (Wildman–Crippen LogP) is 3.98. The Labute approximate surface area is 103 Å². The van der Waals surface area contributed by atoms with Gasteiger partial charge in [0, 0.05) is 11.1 Å². The van der Waals surface area contributed by atoms with Gasteiger partial charge in [0.2, 0.25) is 0 Å². The summed E-state index contributed by atoms with van der Waals surface area (Å²) in [5.74, 6) is 0. The van der Waals surface area contributed by atoms with Crippen molar-refractivity contribution >= 4 is 11.0 Å². The maximum absolute atomic E-state index is 12.8. The number of aromatic nitrogens is 2. The fourth-order valence-corrected chi connectivity index (χ4v) is 1.58. The summed E-state index contributed by atoms with van der Waals surface area (Å²) in [6.07, 6.45) is -9.86. The molecule has 0 saturated heterocycles. The van der Waals surface area contributed by atoms with Crippen LogP contribution in [0.5, 0.6) is 0 Å². The molecule has 0 radical (unpaired) electrons. The molecule has 2 aromatic heterocycles. The average molecular weight is 280 g/mol. The van der Waals surface area contributed by atoms with Crippen LogP contribution in [0.2, 0.25) is 0 Å². The number of fused-ring (bicyclic) bond motifs is 1. The summed E-state index contributed by atoms with van der Waals surface area (Å²) in [7, 11) is 0. The zero-order chi connectivity index (χ0) is 14.4. The van der Waals surface area contributed by atoms with E-state index in [9.17, 15) is 26.3 Å². The normalized spacial score (nSPS) is 13.0. The van der Waals surface area contributed by atoms with Gasteiger partial charge in [-0.1, -0.05) is 0 Å². The van der Waals surface area contributed by atoms with Gasteiger partial charge < -0.3 is 0 Å². The molecule has 0 aromatic carbocycles. The Morgan fingerprint density at radius 3 is 2.05 bits per heavy atom. The Balaban J connectivity index is 2.84. The van der Waals surface area contributed by atoms with Crippen LogP contribution in [0.1, 0.15) is 17.0 Å². The van der Waals surface area contributed by atoms with Crippen LogP contribution in [0, 0.1) is 6.92 Å². The summed E-state index contributed by atoms with van der Waals surface area (Å²) < 4.78 is 75.9. The van der Waals surface area contributed by atoms with Gasteiger partial charge in [-0.25, -0.2) is 9.97 Å². The summed E-state index contributed by atoms with van der Waals surface area (Å²) >= 11 is 0. The topological polar surface area (TPSA) is 25.8 Å². The Kier molecular flexibility index (Phi) is 2.91. The molecule has 0 amide bonds.